The number of hydrogen-bond acceptors (Lipinski definition) is 6. The van der Waals surface area contributed by atoms with E-state index >= 15 is 0 Å². The van der Waals surface area contributed by atoms with Gasteiger partial charge in [0.15, 0.2) is 6.10 Å². The maximum absolute atomic E-state index is 14.2. The molecule has 0 saturated carbocycles. The number of ether oxygens (including phenoxy) is 4. The van der Waals surface area contributed by atoms with Gasteiger partial charge in [0.1, 0.15) is 23.9 Å². The highest BCUT2D eigenvalue weighted by Gasteiger charge is 2.73. The summed E-state index contributed by atoms with van der Waals surface area (Å²) in [7, 11) is 1.37. The third kappa shape index (κ3) is 7.25. The van der Waals surface area contributed by atoms with Crippen molar-refractivity contribution in [1.29, 1.82) is 0 Å². The van der Waals surface area contributed by atoms with Crippen LogP contribution in [-0.2, 0) is 16.9 Å². The number of carbonyl (C=O) groups is 1. The van der Waals surface area contributed by atoms with E-state index in [9.17, 15) is 36.2 Å². The fraction of sp³-hybridized carbons (Fsp3) is 0.219. The molecule has 1 unspecified atom stereocenters. The summed E-state index contributed by atoms with van der Waals surface area (Å²) in [6.45, 7) is -1.18. The molecule has 0 amide bonds. The molecule has 0 fully saturated rings. The lowest BCUT2D eigenvalue weighted by atomic mass is 9.91. The largest absolute Gasteiger partial charge is 0.545 e. The first-order valence-corrected chi connectivity index (χ1v) is 13.0. The van der Waals surface area contributed by atoms with Gasteiger partial charge in [0.2, 0.25) is 0 Å². The monoisotopic (exact) mass is 619 g/mol. The lowest BCUT2D eigenvalue weighted by Crippen LogP contribution is -2.55. The van der Waals surface area contributed by atoms with Crippen molar-refractivity contribution in [3.8, 4) is 17.2 Å². The average molecular weight is 620 g/mol. The SMILES string of the molecule is COc1ccc(COC(c2ccc(OCC(Oc3ccc(C(=O)[O-])cc3)c3ccccc3)cc2)(C(F)(F)F)C(F)(F)F)cc1. The van der Waals surface area contributed by atoms with Crippen molar-refractivity contribution in [1.82, 2.24) is 0 Å². The number of carboxylic acid groups (broad SMARTS) is 1. The second-order valence-corrected chi connectivity index (χ2v) is 9.48. The van der Waals surface area contributed by atoms with Gasteiger partial charge in [0.25, 0.3) is 5.60 Å². The molecule has 12 heteroatoms. The molecule has 0 aromatic heterocycles. The third-order valence-corrected chi connectivity index (χ3v) is 6.61. The van der Waals surface area contributed by atoms with Gasteiger partial charge in [-0.3, -0.25) is 0 Å². The highest BCUT2D eigenvalue weighted by molar-refractivity contribution is 5.85. The summed E-state index contributed by atoms with van der Waals surface area (Å²) < 4.78 is 107. The zero-order valence-electron chi connectivity index (χ0n) is 23.0. The molecule has 0 bridgehead atoms. The summed E-state index contributed by atoms with van der Waals surface area (Å²) in [5, 5.41) is 11.0. The van der Waals surface area contributed by atoms with Gasteiger partial charge in [-0.2, -0.15) is 26.3 Å². The van der Waals surface area contributed by atoms with Crippen LogP contribution in [0.25, 0.3) is 0 Å². The quantitative estimate of drug-likeness (QED) is 0.163. The van der Waals surface area contributed by atoms with Crippen LogP contribution in [0.5, 0.6) is 17.2 Å². The highest BCUT2D eigenvalue weighted by atomic mass is 19.4. The Hall–Kier alpha value is -4.71. The van der Waals surface area contributed by atoms with Crippen LogP contribution in [0.3, 0.4) is 0 Å². The van der Waals surface area contributed by atoms with E-state index in [0.717, 1.165) is 12.1 Å². The second kappa shape index (κ2) is 13.3. The first-order chi connectivity index (χ1) is 20.8. The van der Waals surface area contributed by atoms with Crippen LogP contribution in [0.2, 0.25) is 0 Å². The summed E-state index contributed by atoms with van der Waals surface area (Å²) in [5.74, 6) is -0.735. The Balaban J connectivity index is 1.56. The fourth-order valence-corrected chi connectivity index (χ4v) is 4.31. The van der Waals surface area contributed by atoms with Gasteiger partial charge in [0, 0.05) is 5.56 Å². The predicted octanol–water partition coefficient (Wildman–Crippen LogP) is 6.79. The Morgan fingerprint density at radius 3 is 1.80 bits per heavy atom. The van der Waals surface area contributed by atoms with Gasteiger partial charge in [-0.1, -0.05) is 54.6 Å². The van der Waals surface area contributed by atoms with E-state index in [1.54, 1.807) is 30.3 Å². The van der Waals surface area contributed by atoms with E-state index < -0.39 is 42.2 Å². The summed E-state index contributed by atoms with van der Waals surface area (Å²) in [4.78, 5) is 11.0. The first-order valence-electron chi connectivity index (χ1n) is 13.0. The van der Waals surface area contributed by atoms with Crippen molar-refractivity contribution in [2.24, 2.45) is 0 Å². The minimum atomic E-state index is -5.86. The molecule has 4 aromatic carbocycles. The molecule has 0 saturated heterocycles. The minimum absolute atomic E-state index is 0.0287. The van der Waals surface area contributed by atoms with Gasteiger partial charge in [-0.15, -0.1) is 0 Å². The molecule has 232 valence electrons. The molecular weight excluding hydrogens is 594 g/mol. The molecule has 0 radical (unpaired) electrons. The standard InChI is InChI=1S/C32H26F6O6/c1-41-25-13-7-21(8-14-25)19-43-30(31(33,34)35,32(36,37)38)24-11-17-26(18-12-24)42-20-28(22-5-3-2-4-6-22)44-27-15-9-23(10-16-27)29(39)40/h2-18,28H,19-20H2,1H3,(H,39,40)/p-1. The van der Waals surface area contributed by atoms with Crippen LogP contribution in [0, 0.1) is 0 Å². The molecule has 0 N–H and O–H groups in total. The number of benzene rings is 4. The number of carboxylic acids is 1. The molecule has 0 aliphatic heterocycles. The van der Waals surface area contributed by atoms with E-state index in [-0.39, 0.29) is 29.2 Å². The third-order valence-electron chi connectivity index (χ3n) is 6.61. The lowest BCUT2D eigenvalue weighted by Gasteiger charge is -2.37. The summed E-state index contributed by atoms with van der Waals surface area (Å²) >= 11 is 0. The lowest BCUT2D eigenvalue weighted by molar-refractivity contribution is -0.392. The zero-order valence-corrected chi connectivity index (χ0v) is 23.0. The molecule has 4 rings (SSSR count). The normalized spacial score (nSPS) is 12.8. The Morgan fingerprint density at radius 1 is 0.727 bits per heavy atom. The van der Waals surface area contributed by atoms with Crippen molar-refractivity contribution in [3.05, 3.63) is 125 Å². The molecule has 0 aliphatic rings. The number of methoxy groups -OCH3 is 1. The van der Waals surface area contributed by atoms with Crippen molar-refractivity contribution >= 4 is 5.97 Å². The van der Waals surface area contributed by atoms with Crippen LogP contribution in [-0.4, -0.2) is 32.0 Å². The number of aromatic carboxylic acids is 1. The van der Waals surface area contributed by atoms with E-state index in [1.807, 2.05) is 0 Å². The Labute approximate surface area is 248 Å². The molecule has 1 atom stereocenters. The second-order valence-electron chi connectivity index (χ2n) is 9.48. The smallest absolute Gasteiger partial charge is 0.430 e. The van der Waals surface area contributed by atoms with Crippen LogP contribution in [0.1, 0.15) is 33.2 Å². The highest BCUT2D eigenvalue weighted by Crippen LogP contribution is 2.53. The number of carbonyl (C=O) groups excluding carboxylic acids is 1. The minimum Gasteiger partial charge on any atom is -0.545 e. The molecule has 0 aliphatic carbocycles. The van der Waals surface area contributed by atoms with Crippen molar-refractivity contribution < 1.29 is 55.2 Å². The van der Waals surface area contributed by atoms with Gasteiger partial charge in [0.05, 0.1) is 19.7 Å². The molecular formula is C32H25F6O6-. The van der Waals surface area contributed by atoms with E-state index in [4.69, 9.17) is 18.9 Å². The van der Waals surface area contributed by atoms with Crippen molar-refractivity contribution in [3.63, 3.8) is 0 Å². The van der Waals surface area contributed by atoms with Gasteiger partial charge < -0.3 is 28.8 Å². The maximum atomic E-state index is 14.2. The predicted molar refractivity (Wildman–Crippen MR) is 144 cm³/mol. The van der Waals surface area contributed by atoms with Gasteiger partial charge in [-0.05, 0) is 65.2 Å². The summed E-state index contributed by atoms with van der Waals surface area (Å²) in [6, 6.07) is 22.8. The van der Waals surface area contributed by atoms with Crippen LogP contribution in [0.4, 0.5) is 26.3 Å². The van der Waals surface area contributed by atoms with Crippen LogP contribution >= 0.6 is 0 Å². The van der Waals surface area contributed by atoms with E-state index in [1.165, 1.54) is 55.6 Å². The molecule has 0 spiro atoms. The number of halogens is 6. The Bertz CT molecular complexity index is 1490. The number of rotatable bonds is 12. The zero-order chi connectivity index (χ0) is 32.0. The Kier molecular flexibility index (Phi) is 9.73. The number of alkyl halides is 6. The van der Waals surface area contributed by atoms with E-state index in [2.05, 4.69) is 0 Å². The Morgan fingerprint density at radius 2 is 1.27 bits per heavy atom. The van der Waals surface area contributed by atoms with E-state index in [0.29, 0.717) is 23.4 Å². The van der Waals surface area contributed by atoms with Crippen LogP contribution in [0.15, 0.2) is 103 Å². The number of hydrogen-bond donors (Lipinski definition) is 0. The maximum Gasteiger partial charge on any atom is 0.430 e. The summed E-state index contributed by atoms with van der Waals surface area (Å²) in [5.41, 5.74) is -5.14. The summed E-state index contributed by atoms with van der Waals surface area (Å²) in [6.07, 6.45) is -12.5. The average Bonchev–Trinajstić information content (AvgIpc) is 2.99. The molecule has 6 nitrogen and oxygen atoms in total. The van der Waals surface area contributed by atoms with Gasteiger partial charge in [-0.25, -0.2) is 0 Å². The van der Waals surface area contributed by atoms with Crippen molar-refractivity contribution in [2.45, 2.75) is 30.7 Å². The first kappa shape index (κ1) is 32.2. The fourth-order valence-electron chi connectivity index (χ4n) is 4.31. The molecule has 0 heterocycles. The van der Waals surface area contributed by atoms with Crippen molar-refractivity contribution in [2.75, 3.05) is 13.7 Å². The van der Waals surface area contributed by atoms with Crippen LogP contribution < -0.4 is 19.3 Å². The molecule has 44 heavy (non-hydrogen) atoms. The topological polar surface area (TPSA) is 77.0 Å². The van der Waals surface area contributed by atoms with Gasteiger partial charge >= 0.3 is 12.4 Å². The molecule has 4 aromatic rings.